The van der Waals surface area contributed by atoms with E-state index in [1.165, 1.54) is 0 Å². The zero-order chi connectivity index (χ0) is 17.5. The molecule has 130 valence electrons. The van der Waals surface area contributed by atoms with Crippen molar-refractivity contribution in [1.82, 2.24) is 14.8 Å². The summed E-state index contributed by atoms with van der Waals surface area (Å²) in [5, 5.41) is 11.1. The fourth-order valence-corrected chi connectivity index (χ4v) is 2.30. The van der Waals surface area contributed by atoms with Gasteiger partial charge in [0.25, 0.3) is 0 Å². The number of nitrogens with one attached hydrogen (secondary N) is 1. The lowest BCUT2D eigenvalue weighted by Gasteiger charge is -2.16. The van der Waals surface area contributed by atoms with Gasteiger partial charge in [-0.3, -0.25) is 4.79 Å². The number of benzene rings is 1. The van der Waals surface area contributed by atoms with Gasteiger partial charge in [-0.05, 0) is 32.9 Å². The number of carbonyl (C=O) groups is 1. The molecule has 0 aliphatic rings. The molecule has 0 saturated heterocycles. The largest absolute Gasteiger partial charge is 0.352 e. The van der Waals surface area contributed by atoms with Crippen LogP contribution in [0.4, 0.5) is 5.69 Å². The Kier molecular flexibility index (Phi) is 6.45. The van der Waals surface area contributed by atoms with Gasteiger partial charge in [0.1, 0.15) is 5.82 Å². The van der Waals surface area contributed by atoms with Crippen LogP contribution < -0.4 is 5.32 Å². The van der Waals surface area contributed by atoms with Crippen molar-refractivity contribution in [3.8, 4) is 11.4 Å². The molecule has 0 aliphatic heterocycles. The zero-order valence-electron chi connectivity index (χ0n) is 14.6. The number of hydrogen-bond donors (Lipinski definition) is 1. The Morgan fingerprint density at radius 3 is 2.54 bits per heavy atom. The Labute approximate surface area is 142 Å². The number of ether oxygens (including phenoxy) is 2. The molecule has 24 heavy (non-hydrogen) atoms. The SMILES string of the molecule is CCOC(CC(=O)Nc1cccc(-c2nnc(C)n2C)c1)OCC. The van der Waals surface area contributed by atoms with Crippen LogP contribution in [-0.2, 0) is 21.3 Å². The highest BCUT2D eigenvalue weighted by Crippen LogP contribution is 2.21. The van der Waals surface area contributed by atoms with Crippen molar-refractivity contribution in [3.05, 3.63) is 30.1 Å². The van der Waals surface area contributed by atoms with Gasteiger partial charge in [-0.25, -0.2) is 0 Å². The minimum Gasteiger partial charge on any atom is -0.352 e. The van der Waals surface area contributed by atoms with Gasteiger partial charge in [-0.15, -0.1) is 10.2 Å². The number of nitrogens with zero attached hydrogens (tertiary/aromatic N) is 3. The van der Waals surface area contributed by atoms with Gasteiger partial charge in [0.15, 0.2) is 12.1 Å². The summed E-state index contributed by atoms with van der Waals surface area (Å²) in [4.78, 5) is 12.2. The van der Waals surface area contributed by atoms with E-state index in [0.29, 0.717) is 18.9 Å². The van der Waals surface area contributed by atoms with Crippen molar-refractivity contribution < 1.29 is 14.3 Å². The average molecular weight is 332 g/mol. The van der Waals surface area contributed by atoms with Gasteiger partial charge < -0.3 is 19.4 Å². The summed E-state index contributed by atoms with van der Waals surface area (Å²) in [6, 6.07) is 7.51. The standard InChI is InChI=1S/C17H24N4O3/c1-5-23-16(24-6-2)11-15(22)18-14-9-7-8-13(10-14)17-20-19-12(3)21(17)4/h7-10,16H,5-6,11H2,1-4H3,(H,18,22). The molecule has 2 aromatic rings. The van der Waals surface area contributed by atoms with Crippen LogP contribution in [0.2, 0.25) is 0 Å². The highest BCUT2D eigenvalue weighted by molar-refractivity contribution is 5.91. The van der Waals surface area contributed by atoms with E-state index in [0.717, 1.165) is 17.2 Å². The van der Waals surface area contributed by atoms with Crippen molar-refractivity contribution in [1.29, 1.82) is 0 Å². The van der Waals surface area contributed by atoms with Crippen molar-refractivity contribution in [2.24, 2.45) is 7.05 Å². The Morgan fingerprint density at radius 2 is 1.96 bits per heavy atom. The number of anilines is 1. The maximum Gasteiger partial charge on any atom is 0.229 e. The Hall–Kier alpha value is -2.25. The number of rotatable bonds is 8. The average Bonchev–Trinajstić information content (AvgIpc) is 2.87. The minimum atomic E-state index is -0.524. The quantitative estimate of drug-likeness (QED) is 0.752. The first-order valence-electron chi connectivity index (χ1n) is 8.04. The first-order chi connectivity index (χ1) is 11.5. The summed E-state index contributed by atoms with van der Waals surface area (Å²) in [7, 11) is 1.91. The van der Waals surface area contributed by atoms with Crippen LogP contribution in [0.1, 0.15) is 26.1 Å². The van der Waals surface area contributed by atoms with E-state index < -0.39 is 6.29 Å². The number of amides is 1. The minimum absolute atomic E-state index is 0.148. The number of aromatic nitrogens is 3. The second kappa shape index (κ2) is 8.56. The molecule has 0 unspecified atom stereocenters. The van der Waals surface area contributed by atoms with E-state index in [9.17, 15) is 4.79 Å². The molecule has 2 rings (SSSR count). The Bertz CT molecular complexity index is 678. The first-order valence-corrected chi connectivity index (χ1v) is 8.04. The molecule has 1 aromatic heterocycles. The van der Waals surface area contributed by atoms with Crippen LogP contribution >= 0.6 is 0 Å². The lowest BCUT2D eigenvalue weighted by atomic mass is 10.2. The maximum absolute atomic E-state index is 12.2. The third kappa shape index (κ3) is 4.62. The second-order valence-electron chi connectivity index (χ2n) is 5.30. The number of carbonyl (C=O) groups excluding carboxylic acids is 1. The van der Waals surface area contributed by atoms with Crippen LogP contribution in [0.15, 0.2) is 24.3 Å². The molecule has 1 amide bonds. The Balaban J connectivity index is 2.06. The molecule has 0 saturated carbocycles. The van der Waals surface area contributed by atoms with Gasteiger partial charge >= 0.3 is 0 Å². The topological polar surface area (TPSA) is 78.3 Å². The summed E-state index contributed by atoms with van der Waals surface area (Å²) in [5.41, 5.74) is 1.59. The molecule has 1 heterocycles. The molecule has 0 atom stereocenters. The summed E-state index contributed by atoms with van der Waals surface area (Å²) in [5.74, 6) is 1.43. The normalized spacial score (nSPS) is 11.0. The highest BCUT2D eigenvalue weighted by Gasteiger charge is 2.15. The molecule has 0 spiro atoms. The van der Waals surface area contributed by atoms with E-state index in [4.69, 9.17) is 9.47 Å². The van der Waals surface area contributed by atoms with Crippen LogP contribution in [0.25, 0.3) is 11.4 Å². The lowest BCUT2D eigenvalue weighted by molar-refractivity contribution is -0.150. The van der Waals surface area contributed by atoms with Crippen molar-refractivity contribution in [2.75, 3.05) is 18.5 Å². The number of hydrogen-bond acceptors (Lipinski definition) is 5. The van der Waals surface area contributed by atoms with E-state index in [2.05, 4.69) is 15.5 Å². The smallest absolute Gasteiger partial charge is 0.229 e. The molecule has 0 radical (unpaired) electrons. The van der Waals surface area contributed by atoms with E-state index in [1.807, 2.05) is 56.7 Å². The predicted molar refractivity (Wildman–Crippen MR) is 91.5 cm³/mol. The fourth-order valence-electron chi connectivity index (χ4n) is 2.30. The fraction of sp³-hybridized carbons (Fsp3) is 0.471. The van der Waals surface area contributed by atoms with E-state index >= 15 is 0 Å². The zero-order valence-corrected chi connectivity index (χ0v) is 14.6. The van der Waals surface area contributed by atoms with Gasteiger partial charge in [0, 0.05) is 31.5 Å². The van der Waals surface area contributed by atoms with Gasteiger partial charge in [-0.1, -0.05) is 12.1 Å². The Morgan fingerprint density at radius 1 is 1.25 bits per heavy atom. The van der Waals surface area contributed by atoms with Gasteiger partial charge in [0.2, 0.25) is 5.91 Å². The van der Waals surface area contributed by atoms with Crippen LogP contribution in [-0.4, -0.2) is 40.2 Å². The van der Waals surface area contributed by atoms with Gasteiger partial charge in [0.05, 0.1) is 6.42 Å². The first kappa shape index (κ1) is 18.1. The maximum atomic E-state index is 12.2. The van der Waals surface area contributed by atoms with Crippen molar-refractivity contribution in [3.63, 3.8) is 0 Å². The molecule has 0 fully saturated rings. The molecular weight excluding hydrogens is 308 g/mol. The molecular formula is C17H24N4O3. The van der Waals surface area contributed by atoms with Crippen molar-refractivity contribution in [2.45, 2.75) is 33.5 Å². The molecule has 1 aromatic carbocycles. The van der Waals surface area contributed by atoms with Gasteiger partial charge in [-0.2, -0.15) is 0 Å². The lowest BCUT2D eigenvalue weighted by Crippen LogP contribution is -2.25. The monoisotopic (exact) mass is 332 g/mol. The molecule has 1 N–H and O–H groups in total. The number of aryl methyl sites for hydroxylation is 1. The summed E-state index contributed by atoms with van der Waals surface area (Å²) in [6.45, 7) is 6.63. The summed E-state index contributed by atoms with van der Waals surface area (Å²) < 4.78 is 12.7. The van der Waals surface area contributed by atoms with E-state index in [-0.39, 0.29) is 12.3 Å². The third-order valence-electron chi connectivity index (χ3n) is 3.55. The second-order valence-corrected chi connectivity index (χ2v) is 5.30. The third-order valence-corrected chi connectivity index (χ3v) is 3.55. The van der Waals surface area contributed by atoms with E-state index in [1.54, 1.807) is 0 Å². The molecule has 0 bridgehead atoms. The molecule has 7 nitrogen and oxygen atoms in total. The van der Waals surface area contributed by atoms with Crippen LogP contribution in [0.3, 0.4) is 0 Å². The predicted octanol–water partition coefficient (Wildman–Crippen LogP) is 2.52. The molecule has 7 heteroatoms. The highest BCUT2D eigenvalue weighted by atomic mass is 16.7. The van der Waals surface area contributed by atoms with Crippen LogP contribution in [0.5, 0.6) is 0 Å². The summed E-state index contributed by atoms with van der Waals surface area (Å²) in [6.07, 6.45) is -0.376. The summed E-state index contributed by atoms with van der Waals surface area (Å²) >= 11 is 0. The van der Waals surface area contributed by atoms with Crippen LogP contribution in [0, 0.1) is 6.92 Å². The van der Waals surface area contributed by atoms with Crippen molar-refractivity contribution >= 4 is 11.6 Å². The molecule has 0 aliphatic carbocycles.